The Bertz CT molecular complexity index is 2600. The van der Waals surface area contributed by atoms with Crippen molar-refractivity contribution in [1.29, 1.82) is 0 Å². The van der Waals surface area contributed by atoms with Crippen molar-refractivity contribution >= 4 is 0 Å². The standard InChI is InChI=1S/C61H64O12/c1-63-50-32-34-51(35-33-50)70-61-59(58(69-41-49-30-18-7-19-31-49)56(67-39-47-26-14-5-15-27-47)53(72-61)43-65-37-45-22-10-3-11-23-45)73-60-54(62)57(68-40-48-28-16-6-17-29-48)55(66-38-46-24-12-4-13-25-46)52(71-60)42-64-36-44-20-8-2-9-21-44/h2-35,52-62H,36-43H2,1H3/t52-,53-,54+,55-,56-,57-,58+,59+,60-,61+/m1/s1. The molecule has 9 rings (SSSR count). The van der Waals surface area contributed by atoms with Crippen LogP contribution in [0.4, 0.5) is 0 Å². The Hall–Kier alpha value is -6.26. The van der Waals surface area contributed by atoms with E-state index in [0.29, 0.717) is 24.7 Å². The Morgan fingerprint density at radius 2 is 0.685 bits per heavy atom. The smallest absolute Gasteiger partial charge is 0.229 e. The molecule has 2 heterocycles. The highest BCUT2D eigenvalue weighted by Gasteiger charge is 2.54. The average molecular weight is 989 g/mol. The van der Waals surface area contributed by atoms with Gasteiger partial charge in [0, 0.05) is 0 Å². The van der Waals surface area contributed by atoms with Gasteiger partial charge in [-0.15, -0.1) is 0 Å². The van der Waals surface area contributed by atoms with E-state index in [0.717, 1.165) is 33.4 Å². The van der Waals surface area contributed by atoms with E-state index >= 15 is 0 Å². The van der Waals surface area contributed by atoms with Crippen LogP contribution in [0.2, 0.25) is 0 Å². The van der Waals surface area contributed by atoms with Crippen molar-refractivity contribution in [3.8, 4) is 11.5 Å². The van der Waals surface area contributed by atoms with Gasteiger partial charge in [0.2, 0.25) is 6.29 Å². The molecule has 7 aromatic carbocycles. The van der Waals surface area contributed by atoms with Crippen molar-refractivity contribution in [2.24, 2.45) is 0 Å². The van der Waals surface area contributed by atoms with Crippen LogP contribution in [0.1, 0.15) is 33.4 Å². The topological polar surface area (TPSA) is 122 Å². The van der Waals surface area contributed by atoms with E-state index in [9.17, 15) is 5.11 Å². The van der Waals surface area contributed by atoms with Gasteiger partial charge in [0.25, 0.3) is 0 Å². The van der Waals surface area contributed by atoms with Crippen LogP contribution in [0.5, 0.6) is 11.5 Å². The third-order valence-corrected chi connectivity index (χ3v) is 12.7. The minimum absolute atomic E-state index is 0.0800. The molecule has 380 valence electrons. The summed E-state index contributed by atoms with van der Waals surface area (Å²) in [6.45, 7) is 1.66. The number of aliphatic hydroxyl groups excluding tert-OH is 1. The fourth-order valence-corrected chi connectivity index (χ4v) is 8.92. The first-order valence-corrected chi connectivity index (χ1v) is 24.9. The SMILES string of the molecule is COc1ccc(O[C@H]2O[C@H](COCc3ccccc3)[C@@H](OCc3ccccc3)[C@H](OCc3ccccc3)[C@@H]2O[C@H]2O[C@H](COCc3ccccc3)[C@@H](OCc3ccccc3)[C@H](OCc3ccccc3)[C@@H]2O)cc1. The molecule has 0 radical (unpaired) electrons. The molecule has 2 aliphatic rings. The van der Waals surface area contributed by atoms with Crippen LogP contribution in [0.3, 0.4) is 0 Å². The average Bonchev–Trinajstić information content (AvgIpc) is 3.44. The summed E-state index contributed by atoms with van der Waals surface area (Å²) in [6.07, 6.45) is -9.99. The largest absolute Gasteiger partial charge is 0.497 e. The van der Waals surface area contributed by atoms with Gasteiger partial charge in [0.1, 0.15) is 54.2 Å². The van der Waals surface area contributed by atoms with Gasteiger partial charge in [0.15, 0.2) is 12.4 Å². The molecule has 10 atom stereocenters. The molecule has 0 bridgehead atoms. The molecule has 73 heavy (non-hydrogen) atoms. The predicted molar refractivity (Wildman–Crippen MR) is 274 cm³/mol. The van der Waals surface area contributed by atoms with E-state index in [4.69, 9.17) is 52.1 Å². The number of hydrogen-bond acceptors (Lipinski definition) is 12. The molecule has 0 saturated carbocycles. The number of methoxy groups -OCH3 is 1. The van der Waals surface area contributed by atoms with Gasteiger partial charge >= 0.3 is 0 Å². The summed E-state index contributed by atoms with van der Waals surface area (Å²) in [5.41, 5.74) is 5.73. The molecule has 7 aromatic rings. The van der Waals surface area contributed by atoms with Crippen LogP contribution in [0, 0.1) is 0 Å². The summed E-state index contributed by atoms with van der Waals surface area (Å²) in [5, 5.41) is 12.8. The lowest BCUT2D eigenvalue weighted by Crippen LogP contribution is -2.66. The maximum Gasteiger partial charge on any atom is 0.229 e. The van der Waals surface area contributed by atoms with E-state index in [2.05, 4.69) is 0 Å². The van der Waals surface area contributed by atoms with E-state index in [1.54, 1.807) is 19.2 Å². The van der Waals surface area contributed by atoms with Crippen LogP contribution in [-0.2, 0) is 82.3 Å². The molecular weight excluding hydrogens is 925 g/mol. The third-order valence-electron chi connectivity index (χ3n) is 12.7. The molecule has 2 aliphatic heterocycles. The summed E-state index contributed by atoms with van der Waals surface area (Å²) in [6, 6.07) is 66.6. The second kappa shape index (κ2) is 27.2. The normalized spacial score (nSPS) is 23.9. The number of aliphatic hydroxyl groups is 1. The van der Waals surface area contributed by atoms with Crippen LogP contribution in [0.15, 0.2) is 206 Å². The Balaban J connectivity index is 1.08. The Labute approximate surface area is 428 Å². The molecule has 0 amide bonds. The zero-order chi connectivity index (χ0) is 49.9. The minimum Gasteiger partial charge on any atom is -0.497 e. The predicted octanol–water partition coefficient (Wildman–Crippen LogP) is 10.0. The maximum atomic E-state index is 12.8. The van der Waals surface area contributed by atoms with Gasteiger partial charge in [-0.1, -0.05) is 182 Å². The first-order chi connectivity index (χ1) is 36.1. The minimum atomic E-state index is -1.40. The first kappa shape index (κ1) is 51.6. The summed E-state index contributed by atoms with van der Waals surface area (Å²) in [4.78, 5) is 0. The zero-order valence-corrected chi connectivity index (χ0v) is 41.0. The third kappa shape index (κ3) is 14.9. The van der Waals surface area contributed by atoms with E-state index in [-0.39, 0.29) is 39.6 Å². The van der Waals surface area contributed by atoms with Gasteiger partial charge in [-0.2, -0.15) is 0 Å². The van der Waals surface area contributed by atoms with Gasteiger partial charge in [-0.25, -0.2) is 0 Å². The molecule has 0 aliphatic carbocycles. The second-order valence-corrected chi connectivity index (χ2v) is 18.0. The fourth-order valence-electron chi connectivity index (χ4n) is 8.92. The van der Waals surface area contributed by atoms with E-state index in [1.807, 2.05) is 194 Å². The van der Waals surface area contributed by atoms with Gasteiger partial charge in [-0.05, 0) is 57.6 Å². The molecule has 2 saturated heterocycles. The van der Waals surface area contributed by atoms with E-state index < -0.39 is 61.4 Å². The lowest BCUT2D eigenvalue weighted by atomic mass is 9.96. The van der Waals surface area contributed by atoms with Gasteiger partial charge in [0.05, 0.1) is 60.0 Å². The fraction of sp³-hybridized carbons (Fsp3) is 0.311. The molecule has 0 aromatic heterocycles. The van der Waals surface area contributed by atoms with Crippen molar-refractivity contribution < 1.29 is 57.2 Å². The highest BCUT2D eigenvalue weighted by molar-refractivity contribution is 5.31. The second-order valence-electron chi connectivity index (χ2n) is 18.0. The quantitative estimate of drug-likeness (QED) is 0.0587. The van der Waals surface area contributed by atoms with Crippen LogP contribution < -0.4 is 9.47 Å². The van der Waals surface area contributed by atoms with Crippen molar-refractivity contribution in [2.75, 3.05) is 20.3 Å². The monoisotopic (exact) mass is 988 g/mol. The van der Waals surface area contributed by atoms with Gasteiger partial charge < -0.3 is 57.2 Å². The van der Waals surface area contributed by atoms with Gasteiger partial charge in [-0.3, -0.25) is 0 Å². The molecule has 12 heteroatoms. The number of rotatable bonds is 25. The van der Waals surface area contributed by atoms with Crippen molar-refractivity contribution in [2.45, 2.75) is 101 Å². The summed E-state index contributed by atoms with van der Waals surface area (Å²) in [5.74, 6) is 1.13. The lowest BCUT2D eigenvalue weighted by Gasteiger charge is -2.49. The zero-order valence-electron chi connectivity index (χ0n) is 41.0. The van der Waals surface area contributed by atoms with Crippen LogP contribution >= 0.6 is 0 Å². The molecular formula is C61H64O12. The molecule has 0 unspecified atom stereocenters. The molecule has 0 spiro atoms. The number of hydrogen-bond donors (Lipinski definition) is 1. The number of ether oxygens (including phenoxy) is 11. The van der Waals surface area contributed by atoms with Crippen molar-refractivity contribution in [3.05, 3.63) is 240 Å². The van der Waals surface area contributed by atoms with Crippen LogP contribution in [0.25, 0.3) is 0 Å². The lowest BCUT2D eigenvalue weighted by molar-refractivity contribution is -0.371. The van der Waals surface area contributed by atoms with Crippen molar-refractivity contribution in [1.82, 2.24) is 0 Å². The van der Waals surface area contributed by atoms with E-state index in [1.165, 1.54) is 0 Å². The highest BCUT2D eigenvalue weighted by Crippen LogP contribution is 2.36. The first-order valence-electron chi connectivity index (χ1n) is 24.9. The number of benzene rings is 7. The summed E-state index contributed by atoms with van der Waals surface area (Å²) < 4.78 is 73.7. The van der Waals surface area contributed by atoms with Crippen molar-refractivity contribution in [3.63, 3.8) is 0 Å². The summed E-state index contributed by atoms with van der Waals surface area (Å²) in [7, 11) is 1.61. The molecule has 2 fully saturated rings. The van der Waals surface area contributed by atoms with Crippen LogP contribution in [-0.4, -0.2) is 86.8 Å². The maximum absolute atomic E-state index is 12.8. The highest BCUT2D eigenvalue weighted by atomic mass is 16.8. The Morgan fingerprint density at radius 1 is 0.356 bits per heavy atom. The Kier molecular flexibility index (Phi) is 19.2. The molecule has 1 N–H and O–H groups in total. The summed E-state index contributed by atoms with van der Waals surface area (Å²) >= 11 is 0. The Morgan fingerprint density at radius 3 is 1.08 bits per heavy atom. The molecule has 12 nitrogen and oxygen atoms in total.